The molecule has 1 aromatic carbocycles. The maximum Gasteiger partial charge on any atom is 0.243 e. The van der Waals surface area contributed by atoms with Crippen LogP contribution < -0.4 is 16.0 Å². The van der Waals surface area contributed by atoms with Gasteiger partial charge in [0.2, 0.25) is 17.7 Å². The average molecular weight is 571 g/mol. The minimum absolute atomic E-state index is 0.128. The van der Waals surface area contributed by atoms with Gasteiger partial charge in [0.15, 0.2) is 5.78 Å². The number of ketones is 1. The van der Waals surface area contributed by atoms with Crippen LogP contribution in [0.3, 0.4) is 0 Å². The van der Waals surface area contributed by atoms with Crippen LogP contribution in [-0.4, -0.2) is 96.7 Å². The molecule has 0 spiro atoms. The summed E-state index contributed by atoms with van der Waals surface area (Å²) in [4.78, 5) is 54.7. The zero-order valence-corrected chi connectivity index (χ0v) is 24.2. The predicted molar refractivity (Wildman–Crippen MR) is 151 cm³/mol. The summed E-state index contributed by atoms with van der Waals surface area (Å²) in [7, 11) is 0. The van der Waals surface area contributed by atoms with Crippen molar-refractivity contribution in [1.29, 1.82) is 0 Å². The number of morpholine rings is 1. The van der Waals surface area contributed by atoms with E-state index in [9.17, 15) is 24.3 Å². The van der Waals surface area contributed by atoms with Gasteiger partial charge in [0.1, 0.15) is 23.4 Å². The van der Waals surface area contributed by atoms with Crippen molar-refractivity contribution < 1.29 is 33.8 Å². The van der Waals surface area contributed by atoms with Crippen molar-refractivity contribution in [2.45, 2.75) is 76.6 Å². The number of Topliss-reactive ketones (excluding diaryl/α,β-unsaturated/α-hetero) is 1. The van der Waals surface area contributed by atoms with Crippen molar-refractivity contribution in [1.82, 2.24) is 20.9 Å². The quantitative estimate of drug-likeness (QED) is 0.202. The van der Waals surface area contributed by atoms with Crippen LogP contribution in [0.4, 0.5) is 0 Å². The molecule has 11 heteroatoms. The Balaban J connectivity index is 1.45. The molecule has 0 radical (unpaired) electrons. The third-order valence-electron chi connectivity index (χ3n) is 7.91. The molecule has 2 saturated heterocycles. The number of epoxide rings is 1. The van der Waals surface area contributed by atoms with Crippen LogP contribution in [0.1, 0.15) is 50.7 Å². The van der Waals surface area contributed by atoms with E-state index in [1.807, 2.05) is 4.90 Å². The van der Waals surface area contributed by atoms with E-state index in [1.54, 1.807) is 39.0 Å². The Morgan fingerprint density at radius 1 is 1.05 bits per heavy atom. The normalized spacial score (nSPS) is 22.7. The number of ether oxygens (including phenoxy) is 2. The summed E-state index contributed by atoms with van der Waals surface area (Å²) >= 11 is 0. The van der Waals surface area contributed by atoms with Gasteiger partial charge in [-0.15, -0.1) is 0 Å². The summed E-state index contributed by atoms with van der Waals surface area (Å²) < 4.78 is 10.7. The summed E-state index contributed by atoms with van der Waals surface area (Å²) in [5.41, 5.74) is 1.57. The molecule has 11 nitrogen and oxygen atoms in total. The number of hydrogen-bond donors (Lipinski definition) is 4. The van der Waals surface area contributed by atoms with E-state index < -0.39 is 35.5 Å². The fourth-order valence-electron chi connectivity index (χ4n) is 5.19. The largest absolute Gasteiger partial charge is 0.508 e. The number of hydrogen-bond acceptors (Lipinski definition) is 8. The number of phenols is 1. The van der Waals surface area contributed by atoms with E-state index in [1.165, 1.54) is 0 Å². The van der Waals surface area contributed by atoms with Crippen molar-refractivity contribution in [2.24, 2.45) is 0 Å². The van der Waals surface area contributed by atoms with Crippen LogP contribution in [0.15, 0.2) is 29.8 Å². The van der Waals surface area contributed by atoms with Gasteiger partial charge in [-0.2, -0.15) is 0 Å². The van der Waals surface area contributed by atoms with Crippen LogP contribution in [0.25, 0.3) is 0 Å². The van der Waals surface area contributed by atoms with E-state index in [0.717, 1.165) is 30.4 Å². The maximum absolute atomic E-state index is 13.7. The maximum atomic E-state index is 13.7. The lowest BCUT2D eigenvalue weighted by atomic mass is 9.93. The summed E-state index contributed by atoms with van der Waals surface area (Å²) in [5, 5.41) is 18.3. The first-order valence-corrected chi connectivity index (χ1v) is 14.4. The van der Waals surface area contributed by atoms with Crippen molar-refractivity contribution in [3.05, 3.63) is 41.0 Å². The van der Waals surface area contributed by atoms with Crippen molar-refractivity contribution in [2.75, 3.05) is 39.5 Å². The van der Waals surface area contributed by atoms with Gasteiger partial charge in [-0.05, 0) is 63.6 Å². The van der Waals surface area contributed by atoms with Crippen LogP contribution >= 0.6 is 0 Å². The summed E-state index contributed by atoms with van der Waals surface area (Å²) in [6.45, 7) is 7.90. The first-order valence-electron chi connectivity index (χ1n) is 14.4. The van der Waals surface area contributed by atoms with Crippen LogP contribution in [0.5, 0.6) is 5.75 Å². The van der Waals surface area contributed by atoms with Gasteiger partial charge in [0.05, 0.1) is 32.4 Å². The lowest BCUT2D eigenvalue weighted by molar-refractivity contribution is -0.134. The molecule has 2 aliphatic heterocycles. The number of carbonyl (C=O) groups excluding carboxylic acids is 4. The first kappa shape index (κ1) is 30.7. The Kier molecular flexibility index (Phi) is 10.2. The fourth-order valence-corrected chi connectivity index (χ4v) is 5.19. The van der Waals surface area contributed by atoms with Crippen molar-refractivity contribution >= 4 is 23.5 Å². The van der Waals surface area contributed by atoms with E-state index in [4.69, 9.17) is 9.47 Å². The van der Waals surface area contributed by atoms with Gasteiger partial charge in [-0.1, -0.05) is 23.8 Å². The third-order valence-corrected chi connectivity index (χ3v) is 7.91. The van der Waals surface area contributed by atoms with Gasteiger partial charge in [0, 0.05) is 19.5 Å². The second kappa shape index (κ2) is 13.6. The standard InChI is InChI=1S/C30H42N4O7/c1-19-14-22(8-9-25(19)35)16-24(33-28(38)20(2)31-26(36)17-34-10-12-40-13-11-34)29(39)32-23(15-21-6-4-5-7-21)27(37)30(3)18-41-30/h6,8-9,14,20,23-24,35H,4-5,7,10-13,15-18H2,1-3H3,(H,31,36)(H,32,39)(H,33,38)/t20-,23-,24-,30-/m0/s1. The topological polar surface area (TPSA) is 150 Å². The number of benzene rings is 1. The molecule has 4 atom stereocenters. The predicted octanol–water partition coefficient (Wildman–Crippen LogP) is 0.908. The Bertz CT molecular complexity index is 1170. The zero-order valence-electron chi connectivity index (χ0n) is 24.2. The first-order chi connectivity index (χ1) is 19.5. The molecular formula is C30H42N4O7. The second-order valence-corrected chi connectivity index (χ2v) is 11.5. The lowest BCUT2D eigenvalue weighted by Crippen LogP contribution is -2.57. The molecule has 2 fully saturated rings. The number of nitrogens with one attached hydrogen (secondary N) is 3. The number of carbonyl (C=O) groups is 4. The number of aromatic hydroxyl groups is 1. The molecular weight excluding hydrogens is 528 g/mol. The van der Waals surface area contributed by atoms with E-state index in [2.05, 4.69) is 22.0 Å². The smallest absolute Gasteiger partial charge is 0.243 e. The number of aryl methyl sites for hydroxylation is 1. The summed E-state index contributed by atoms with van der Waals surface area (Å²) in [6, 6.07) is 2.28. The van der Waals surface area contributed by atoms with Gasteiger partial charge < -0.3 is 30.5 Å². The molecule has 0 unspecified atom stereocenters. The van der Waals surface area contributed by atoms with E-state index in [-0.39, 0.29) is 30.4 Å². The van der Waals surface area contributed by atoms with Crippen LogP contribution in [0, 0.1) is 6.92 Å². The minimum atomic E-state index is -1.02. The highest BCUT2D eigenvalue weighted by Crippen LogP contribution is 2.31. The number of allylic oxidation sites excluding steroid dienone is 1. The fraction of sp³-hybridized carbons (Fsp3) is 0.600. The molecule has 2 heterocycles. The van der Waals surface area contributed by atoms with Gasteiger partial charge in [-0.3, -0.25) is 24.1 Å². The monoisotopic (exact) mass is 570 g/mol. The summed E-state index contributed by atoms with van der Waals surface area (Å²) in [5.74, 6) is -1.37. The lowest BCUT2D eigenvalue weighted by Gasteiger charge is -2.27. The van der Waals surface area contributed by atoms with Crippen molar-refractivity contribution in [3.63, 3.8) is 0 Å². The molecule has 41 heavy (non-hydrogen) atoms. The van der Waals surface area contributed by atoms with E-state index >= 15 is 0 Å². The van der Waals surface area contributed by atoms with Crippen LogP contribution in [0.2, 0.25) is 0 Å². The second-order valence-electron chi connectivity index (χ2n) is 11.5. The molecule has 3 amide bonds. The van der Waals surface area contributed by atoms with Gasteiger partial charge in [0.25, 0.3) is 0 Å². The minimum Gasteiger partial charge on any atom is -0.508 e. The Hall–Kier alpha value is -3.28. The molecule has 0 bridgehead atoms. The SMILES string of the molecule is Cc1cc(C[C@H](NC(=O)[C@H](C)NC(=O)CN2CCOCC2)C(=O)N[C@@H](CC2=CCCC2)C(=O)[C@]2(C)CO2)ccc1O. The molecule has 3 aliphatic rings. The van der Waals surface area contributed by atoms with Crippen molar-refractivity contribution in [3.8, 4) is 5.75 Å². The molecule has 0 saturated carbocycles. The summed E-state index contributed by atoms with van der Waals surface area (Å²) in [6.07, 6.45) is 5.49. The van der Waals surface area contributed by atoms with Gasteiger partial charge >= 0.3 is 0 Å². The number of rotatable bonds is 13. The molecule has 224 valence electrons. The zero-order chi connectivity index (χ0) is 29.6. The molecule has 1 aliphatic carbocycles. The molecule has 1 aromatic rings. The third kappa shape index (κ3) is 8.61. The average Bonchev–Trinajstić information content (AvgIpc) is 3.48. The van der Waals surface area contributed by atoms with E-state index in [0.29, 0.717) is 44.9 Å². The number of phenolic OH excluding ortho intramolecular Hbond substituents is 1. The molecule has 0 aromatic heterocycles. The Morgan fingerprint density at radius 2 is 1.76 bits per heavy atom. The highest BCUT2D eigenvalue weighted by Gasteiger charge is 2.50. The molecule has 4 rings (SSSR count). The van der Waals surface area contributed by atoms with Crippen LogP contribution in [-0.2, 0) is 35.1 Å². The number of nitrogens with zero attached hydrogens (tertiary/aromatic N) is 1. The Morgan fingerprint density at radius 3 is 2.39 bits per heavy atom. The van der Waals surface area contributed by atoms with Gasteiger partial charge in [-0.25, -0.2) is 0 Å². The highest BCUT2D eigenvalue weighted by atomic mass is 16.6. The molecule has 4 N–H and O–H groups in total. The number of amides is 3. The highest BCUT2D eigenvalue weighted by molar-refractivity contribution is 5.98. The Labute approximate surface area is 241 Å².